The Hall–Kier alpha value is 0.350. The van der Waals surface area contributed by atoms with Gasteiger partial charge in [-0.2, -0.15) is 11.8 Å². The predicted molar refractivity (Wildman–Crippen MR) is 98.9 cm³/mol. The first kappa shape index (κ1) is 19.4. The van der Waals surface area contributed by atoms with Gasteiger partial charge in [0.25, 0.3) is 0 Å². The number of hydrogen-bond donors (Lipinski definition) is 2. The summed E-state index contributed by atoms with van der Waals surface area (Å²) < 4.78 is 0.219. The van der Waals surface area contributed by atoms with Crippen LogP contribution in [0.4, 0.5) is 0 Å². The normalized spacial score (nSPS) is 15.9. The monoisotopic (exact) mass is 399 g/mol. The molecule has 1 aliphatic carbocycles. The molecule has 0 saturated heterocycles. The third kappa shape index (κ3) is 9.82. The highest BCUT2D eigenvalue weighted by Crippen LogP contribution is 2.33. The van der Waals surface area contributed by atoms with E-state index in [-0.39, 0.29) is 28.7 Å². The molecule has 0 spiro atoms. The van der Waals surface area contributed by atoms with E-state index in [4.69, 9.17) is 0 Å². The van der Waals surface area contributed by atoms with Crippen LogP contribution in [0.15, 0.2) is 4.99 Å². The summed E-state index contributed by atoms with van der Waals surface area (Å²) in [6, 6.07) is 0. The lowest BCUT2D eigenvalue weighted by Crippen LogP contribution is -2.38. The van der Waals surface area contributed by atoms with E-state index >= 15 is 0 Å². The summed E-state index contributed by atoms with van der Waals surface area (Å²) in [5, 5.41) is 6.74. The van der Waals surface area contributed by atoms with E-state index in [1.807, 2.05) is 11.8 Å². The van der Waals surface area contributed by atoms with E-state index < -0.39 is 0 Å². The van der Waals surface area contributed by atoms with Crippen molar-refractivity contribution >= 4 is 41.7 Å². The summed E-state index contributed by atoms with van der Waals surface area (Å²) >= 11 is 1.87. The molecule has 0 unspecified atom stereocenters. The molecule has 0 aromatic rings. The van der Waals surface area contributed by atoms with Crippen LogP contribution in [0.25, 0.3) is 0 Å². The first-order valence-electron chi connectivity index (χ1n) is 7.14. The topological polar surface area (TPSA) is 36.4 Å². The maximum atomic E-state index is 4.66. The van der Waals surface area contributed by atoms with Crippen LogP contribution in [-0.4, -0.2) is 36.6 Å². The second-order valence-corrected chi connectivity index (χ2v) is 7.18. The molecule has 0 heterocycles. The third-order valence-corrected chi connectivity index (χ3v) is 4.53. The molecule has 5 heteroatoms. The van der Waals surface area contributed by atoms with Crippen LogP contribution in [0, 0.1) is 5.92 Å². The number of halogens is 1. The minimum Gasteiger partial charge on any atom is -0.357 e. The summed E-state index contributed by atoms with van der Waals surface area (Å²) in [5.74, 6) is 2.00. The predicted octanol–water partition coefficient (Wildman–Crippen LogP) is 3.49. The molecule has 0 atom stereocenters. The van der Waals surface area contributed by atoms with Crippen molar-refractivity contribution < 1.29 is 0 Å². The minimum absolute atomic E-state index is 0. The maximum absolute atomic E-state index is 4.66. The van der Waals surface area contributed by atoms with Gasteiger partial charge in [-0.15, -0.1) is 24.0 Å². The Kier molecular flexibility index (Phi) is 10.3. The highest BCUT2D eigenvalue weighted by Gasteiger charge is 2.20. The Balaban J connectivity index is 0.00000324. The fourth-order valence-corrected chi connectivity index (χ4v) is 1.87. The number of nitrogens with one attached hydrogen (secondary N) is 2. The van der Waals surface area contributed by atoms with Gasteiger partial charge in [-0.1, -0.05) is 12.8 Å². The molecule has 19 heavy (non-hydrogen) atoms. The third-order valence-electron chi connectivity index (χ3n) is 3.29. The molecule has 0 bridgehead atoms. The van der Waals surface area contributed by atoms with Crippen molar-refractivity contribution in [3.63, 3.8) is 0 Å². The van der Waals surface area contributed by atoms with Crippen LogP contribution in [0.1, 0.15) is 46.5 Å². The highest BCUT2D eigenvalue weighted by atomic mass is 127. The van der Waals surface area contributed by atoms with E-state index in [9.17, 15) is 0 Å². The first-order valence-corrected chi connectivity index (χ1v) is 8.37. The molecular weight excluding hydrogens is 369 g/mol. The van der Waals surface area contributed by atoms with Gasteiger partial charge in [0.15, 0.2) is 5.96 Å². The van der Waals surface area contributed by atoms with Crippen molar-refractivity contribution in [3.8, 4) is 0 Å². The Morgan fingerprint density at radius 2 is 2.00 bits per heavy atom. The molecule has 2 N–H and O–H groups in total. The quantitative estimate of drug-likeness (QED) is 0.284. The van der Waals surface area contributed by atoms with Gasteiger partial charge in [-0.3, -0.25) is 4.99 Å². The van der Waals surface area contributed by atoms with Crippen molar-refractivity contribution in [2.75, 3.05) is 25.9 Å². The number of rotatable bonds is 8. The van der Waals surface area contributed by atoms with Crippen molar-refractivity contribution in [3.05, 3.63) is 0 Å². The molecule has 1 saturated carbocycles. The summed E-state index contributed by atoms with van der Waals surface area (Å²) in [4.78, 5) is 4.66. The smallest absolute Gasteiger partial charge is 0.191 e. The van der Waals surface area contributed by atoms with Crippen molar-refractivity contribution in [1.82, 2.24) is 10.6 Å². The van der Waals surface area contributed by atoms with Gasteiger partial charge in [0.2, 0.25) is 0 Å². The highest BCUT2D eigenvalue weighted by molar-refractivity contribution is 14.0. The lowest BCUT2D eigenvalue weighted by molar-refractivity contribution is 0.642. The average Bonchev–Trinajstić information content (AvgIpc) is 3.15. The van der Waals surface area contributed by atoms with Gasteiger partial charge in [-0.05, 0) is 45.8 Å². The van der Waals surface area contributed by atoms with Crippen molar-refractivity contribution in [1.29, 1.82) is 0 Å². The molecule has 0 radical (unpaired) electrons. The summed E-state index contributed by atoms with van der Waals surface area (Å²) in [6.45, 7) is 9.40. The van der Waals surface area contributed by atoms with E-state index in [0.29, 0.717) is 0 Å². The van der Waals surface area contributed by atoms with Crippen LogP contribution < -0.4 is 10.6 Å². The average molecular weight is 399 g/mol. The van der Waals surface area contributed by atoms with Crippen LogP contribution in [0.2, 0.25) is 0 Å². The number of thioether (sulfide) groups is 1. The first-order chi connectivity index (χ1) is 8.57. The van der Waals surface area contributed by atoms with Crippen LogP contribution in [0.3, 0.4) is 0 Å². The largest absolute Gasteiger partial charge is 0.357 e. The van der Waals surface area contributed by atoms with Gasteiger partial charge in [0.05, 0.1) is 6.54 Å². The number of guanidine groups is 1. The zero-order valence-electron chi connectivity index (χ0n) is 12.8. The van der Waals surface area contributed by atoms with Gasteiger partial charge < -0.3 is 10.6 Å². The van der Waals surface area contributed by atoms with Crippen LogP contribution in [-0.2, 0) is 0 Å². The minimum atomic E-state index is 0. The van der Waals surface area contributed by atoms with E-state index in [1.165, 1.54) is 25.7 Å². The molecule has 1 rings (SSSR count). The van der Waals surface area contributed by atoms with Gasteiger partial charge in [-0.25, -0.2) is 0 Å². The Morgan fingerprint density at radius 3 is 2.53 bits per heavy atom. The standard InChI is InChI=1S/C14H29N3S.HI/c1-5-15-13(17-11-14(2,3)18-4)16-10-6-7-12-8-9-12;/h12H,5-11H2,1-4H3,(H2,15,16,17);1H. The summed E-state index contributed by atoms with van der Waals surface area (Å²) in [6.07, 6.45) is 7.70. The van der Waals surface area contributed by atoms with Gasteiger partial charge in [0, 0.05) is 17.8 Å². The summed E-state index contributed by atoms with van der Waals surface area (Å²) in [7, 11) is 0. The molecule has 0 aliphatic heterocycles. The molecule has 114 valence electrons. The SMILES string of the molecule is CCNC(=NCC(C)(C)SC)NCCCC1CC1.I. The second kappa shape index (κ2) is 10.1. The fourth-order valence-electron chi connectivity index (χ4n) is 1.68. The van der Waals surface area contributed by atoms with E-state index in [2.05, 4.69) is 42.7 Å². The molecule has 0 aromatic carbocycles. The van der Waals surface area contributed by atoms with E-state index in [0.717, 1.165) is 31.5 Å². The van der Waals surface area contributed by atoms with Crippen LogP contribution >= 0.6 is 35.7 Å². The van der Waals surface area contributed by atoms with Crippen molar-refractivity contribution in [2.45, 2.75) is 51.2 Å². The number of nitrogens with zero attached hydrogens (tertiary/aromatic N) is 1. The molecule has 3 nitrogen and oxygen atoms in total. The Morgan fingerprint density at radius 1 is 1.32 bits per heavy atom. The van der Waals surface area contributed by atoms with Crippen LogP contribution in [0.5, 0.6) is 0 Å². The molecule has 0 amide bonds. The molecule has 0 aromatic heterocycles. The lowest BCUT2D eigenvalue weighted by Gasteiger charge is -2.20. The zero-order valence-corrected chi connectivity index (χ0v) is 15.9. The van der Waals surface area contributed by atoms with Gasteiger partial charge >= 0.3 is 0 Å². The van der Waals surface area contributed by atoms with Crippen molar-refractivity contribution in [2.24, 2.45) is 10.9 Å². The Labute approximate surface area is 140 Å². The molecule has 1 aliphatic rings. The van der Waals surface area contributed by atoms with Gasteiger partial charge in [0.1, 0.15) is 0 Å². The second-order valence-electron chi connectivity index (χ2n) is 5.67. The Bertz CT molecular complexity index is 265. The summed E-state index contributed by atoms with van der Waals surface area (Å²) in [5.41, 5.74) is 0. The maximum Gasteiger partial charge on any atom is 0.191 e. The molecule has 1 fully saturated rings. The number of hydrogen-bond acceptors (Lipinski definition) is 2. The molecular formula is C14H30IN3S. The zero-order chi connectivity index (χ0) is 13.4. The number of aliphatic imine (C=N–C) groups is 1. The van der Waals surface area contributed by atoms with E-state index in [1.54, 1.807) is 0 Å². The fraction of sp³-hybridized carbons (Fsp3) is 0.929. The lowest BCUT2D eigenvalue weighted by atomic mass is 10.2.